The summed E-state index contributed by atoms with van der Waals surface area (Å²) >= 11 is 0. The molecule has 1 unspecified atom stereocenters. The minimum atomic E-state index is -0.596. The fourth-order valence-electron chi connectivity index (χ4n) is 2.87. The number of rotatable bonds is 3. The van der Waals surface area contributed by atoms with E-state index in [0.29, 0.717) is 12.4 Å². The second kappa shape index (κ2) is 4.98. The van der Waals surface area contributed by atoms with Crippen molar-refractivity contribution in [3.05, 3.63) is 47.8 Å². The summed E-state index contributed by atoms with van der Waals surface area (Å²) in [6.07, 6.45) is 2.04. The molecule has 0 bridgehead atoms. The largest absolute Gasteiger partial charge is 0.364 e. The van der Waals surface area contributed by atoms with Crippen LogP contribution in [0.4, 0.5) is 5.95 Å². The highest BCUT2D eigenvalue weighted by atomic mass is 16.2. The number of primary amides is 1. The minimum absolute atomic E-state index is 0.0216. The lowest BCUT2D eigenvalue weighted by Crippen LogP contribution is -2.33. The molecule has 3 rings (SSSR count). The third-order valence-electron chi connectivity index (χ3n) is 4.05. The number of aromatic amines is 1. The number of amides is 2. The van der Waals surface area contributed by atoms with E-state index in [9.17, 15) is 9.59 Å². The number of nitrogens with zero attached hydrogens (tertiary/aromatic N) is 2. The first kappa shape index (κ1) is 14.3. The smallest absolute Gasteiger partial charge is 0.266 e. The number of anilines is 1. The standard InChI is InChI=1S/C16H18N4O2/c1-16(2)8-12(10-6-4-3-5-7-10)20(14(16)22)15-18-9-11(19-15)13(17)21/h3-7,9,12H,8H2,1-2H3,(H2,17,21)(H,18,19). The average molecular weight is 298 g/mol. The molecule has 1 aliphatic heterocycles. The van der Waals surface area contributed by atoms with Crippen LogP contribution < -0.4 is 10.6 Å². The van der Waals surface area contributed by atoms with Gasteiger partial charge in [0, 0.05) is 5.41 Å². The number of hydrogen-bond acceptors (Lipinski definition) is 3. The molecule has 3 N–H and O–H groups in total. The van der Waals surface area contributed by atoms with Gasteiger partial charge in [0.15, 0.2) is 0 Å². The molecule has 2 aromatic rings. The number of benzene rings is 1. The van der Waals surface area contributed by atoms with Crippen molar-refractivity contribution in [2.24, 2.45) is 11.1 Å². The zero-order chi connectivity index (χ0) is 15.9. The fraction of sp³-hybridized carbons (Fsp3) is 0.312. The highest BCUT2D eigenvalue weighted by Crippen LogP contribution is 2.45. The van der Waals surface area contributed by atoms with Gasteiger partial charge in [0.2, 0.25) is 11.9 Å². The Labute approximate surface area is 128 Å². The van der Waals surface area contributed by atoms with Crippen LogP contribution in [0.5, 0.6) is 0 Å². The van der Waals surface area contributed by atoms with Crippen LogP contribution >= 0.6 is 0 Å². The zero-order valence-corrected chi connectivity index (χ0v) is 12.5. The first-order valence-corrected chi connectivity index (χ1v) is 7.13. The summed E-state index contributed by atoms with van der Waals surface area (Å²) in [5.74, 6) is -0.258. The van der Waals surface area contributed by atoms with E-state index in [1.807, 2.05) is 44.2 Å². The van der Waals surface area contributed by atoms with Gasteiger partial charge in [0.05, 0.1) is 12.2 Å². The molecule has 1 fully saturated rings. The van der Waals surface area contributed by atoms with Gasteiger partial charge in [-0.25, -0.2) is 4.98 Å². The highest BCUT2D eigenvalue weighted by Gasteiger charge is 2.47. The van der Waals surface area contributed by atoms with Crippen molar-refractivity contribution in [1.82, 2.24) is 9.97 Å². The Kier molecular flexibility index (Phi) is 3.24. The number of nitrogens with one attached hydrogen (secondary N) is 1. The van der Waals surface area contributed by atoms with Crippen LogP contribution in [0, 0.1) is 5.41 Å². The molecule has 1 aromatic heterocycles. The van der Waals surface area contributed by atoms with Gasteiger partial charge >= 0.3 is 0 Å². The van der Waals surface area contributed by atoms with Gasteiger partial charge in [-0.15, -0.1) is 0 Å². The van der Waals surface area contributed by atoms with E-state index in [2.05, 4.69) is 9.97 Å². The number of carbonyl (C=O) groups excluding carboxylic acids is 2. The van der Waals surface area contributed by atoms with Crippen LogP contribution in [0.15, 0.2) is 36.5 Å². The molecular weight excluding hydrogens is 280 g/mol. The van der Waals surface area contributed by atoms with Gasteiger partial charge < -0.3 is 10.7 Å². The molecule has 6 heteroatoms. The molecule has 0 spiro atoms. The van der Waals surface area contributed by atoms with E-state index in [1.54, 1.807) is 4.90 Å². The molecule has 1 atom stereocenters. The van der Waals surface area contributed by atoms with Crippen molar-refractivity contribution >= 4 is 17.8 Å². The lowest BCUT2D eigenvalue weighted by atomic mass is 9.88. The van der Waals surface area contributed by atoms with E-state index < -0.39 is 11.3 Å². The molecule has 2 amide bonds. The Morgan fingerprint density at radius 2 is 2.05 bits per heavy atom. The fourth-order valence-corrected chi connectivity index (χ4v) is 2.87. The summed E-state index contributed by atoms with van der Waals surface area (Å²) < 4.78 is 0. The lowest BCUT2D eigenvalue weighted by molar-refractivity contribution is -0.124. The molecule has 0 aliphatic carbocycles. The molecule has 1 aromatic carbocycles. The van der Waals surface area contributed by atoms with E-state index in [4.69, 9.17) is 5.73 Å². The van der Waals surface area contributed by atoms with E-state index in [0.717, 1.165) is 5.56 Å². The molecular formula is C16H18N4O2. The highest BCUT2D eigenvalue weighted by molar-refractivity contribution is 5.99. The molecule has 22 heavy (non-hydrogen) atoms. The molecule has 1 aliphatic rings. The number of H-pyrrole nitrogens is 1. The summed E-state index contributed by atoms with van der Waals surface area (Å²) in [5.41, 5.74) is 5.99. The summed E-state index contributed by atoms with van der Waals surface area (Å²) in [4.78, 5) is 32.6. The summed E-state index contributed by atoms with van der Waals surface area (Å²) in [7, 11) is 0. The van der Waals surface area contributed by atoms with Gasteiger partial charge in [0.25, 0.3) is 5.91 Å². The topological polar surface area (TPSA) is 92.1 Å². The van der Waals surface area contributed by atoms with E-state index >= 15 is 0 Å². The predicted octanol–water partition coefficient (Wildman–Crippen LogP) is 2.01. The Balaban J connectivity index is 2.04. The Morgan fingerprint density at radius 1 is 1.36 bits per heavy atom. The van der Waals surface area contributed by atoms with Gasteiger partial charge in [-0.3, -0.25) is 14.5 Å². The summed E-state index contributed by atoms with van der Waals surface area (Å²) in [6.45, 7) is 3.84. The average Bonchev–Trinajstić information content (AvgIpc) is 3.04. The van der Waals surface area contributed by atoms with Crippen molar-refractivity contribution in [3.63, 3.8) is 0 Å². The molecule has 6 nitrogen and oxygen atoms in total. The SMILES string of the molecule is CC1(C)CC(c2ccccc2)N(c2ncc(C(N)=O)[nH]2)C1=O. The van der Waals surface area contributed by atoms with E-state index in [1.165, 1.54) is 6.20 Å². The number of carbonyl (C=O) groups is 2. The van der Waals surface area contributed by atoms with Crippen molar-refractivity contribution < 1.29 is 9.59 Å². The van der Waals surface area contributed by atoms with Gasteiger partial charge in [-0.2, -0.15) is 0 Å². The van der Waals surface area contributed by atoms with Crippen LogP contribution in [0.3, 0.4) is 0 Å². The molecule has 114 valence electrons. The third kappa shape index (κ3) is 2.26. The molecule has 1 saturated heterocycles. The number of nitrogens with two attached hydrogens (primary N) is 1. The van der Waals surface area contributed by atoms with E-state index in [-0.39, 0.29) is 17.6 Å². The van der Waals surface area contributed by atoms with Crippen LogP contribution in [-0.4, -0.2) is 21.8 Å². The quantitative estimate of drug-likeness (QED) is 0.908. The number of imidazole rings is 1. The Bertz CT molecular complexity index is 721. The van der Waals surface area contributed by atoms with Crippen molar-refractivity contribution in [3.8, 4) is 0 Å². The first-order valence-electron chi connectivity index (χ1n) is 7.13. The lowest BCUT2D eigenvalue weighted by Gasteiger charge is -2.22. The maximum absolute atomic E-state index is 12.7. The predicted molar refractivity (Wildman–Crippen MR) is 82.2 cm³/mol. The van der Waals surface area contributed by atoms with Crippen LogP contribution in [-0.2, 0) is 4.79 Å². The van der Waals surface area contributed by atoms with Gasteiger partial charge in [-0.05, 0) is 12.0 Å². The Hall–Kier alpha value is -2.63. The Morgan fingerprint density at radius 3 is 2.64 bits per heavy atom. The van der Waals surface area contributed by atoms with Crippen molar-refractivity contribution in [1.29, 1.82) is 0 Å². The monoisotopic (exact) mass is 298 g/mol. The number of hydrogen-bond donors (Lipinski definition) is 2. The second-order valence-electron chi connectivity index (χ2n) is 6.17. The van der Waals surface area contributed by atoms with Gasteiger partial charge in [0.1, 0.15) is 5.69 Å². The van der Waals surface area contributed by atoms with Gasteiger partial charge in [-0.1, -0.05) is 44.2 Å². The normalized spacial score (nSPS) is 20.4. The first-order chi connectivity index (χ1) is 10.4. The van der Waals surface area contributed by atoms with Crippen LogP contribution in [0.1, 0.15) is 42.4 Å². The maximum atomic E-state index is 12.7. The second-order valence-corrected chi connectivity index (χ2v) is 6.17. The molecule has 0 radical (unpaired) electrons. The minimum Gasteiger partial charge on any atom is -0.364 e. The summed E-state index contributed by atoms with van der Waals surface area (Å²) in [5, 5.41) is 0. The number of aromatic nitrogens is 2. The van der Waals surface area contributed by atoms with Crippen molar-refractivity contribution in [2.45, 2.75) is 26.3 Å². The van der Waals surface area contributed by atoms with Crippen molar-refractivity contribution in [2.75, 3.05) is 4.90 Å². The molecule has 2 heterocycles. The van der Waals surface area contributed by atoms with Crippen LogP contribution in [0.25, 0.3) is 0 Å². The summed E-state index contributed by atoms with van der Waals surface area (Å²) in [6, 6.07) is 9.69. The zero-order valence-electron chi connectivity index (χ0n) is 12.5. The molecule has 0 saturated carbocycles. The van der Waals surface area contributed by atoms with Crippen LogP contribution in [0.2, 0.25) is 0 Å². The maximum Gasteiger partial charge on any atom is 0.266 e. The third-order valence-corrected chi connectivity index (χ3v) is 4.05.